The number of ether oxygens (including phenoxy) is 1. The van der Waals surface area contributed by atoms with Crippen molar-refractivity contribution in [3.8, 4) is 0 Å². The molecule has 1 aliphatic heterocycles. The van der Waals surface area contributed by atoms with Gasteiger partial charge in [-0.15, -0.1) is 12.4 Å². The van der Waals surface area contributed by atoms with Gasteiger partial charge in [-0.2, -0.15) is 0 Å². The summed E-state index contributed by atoms with van der Waals surface area (Å²) in [5.74, 6) is 0.0411. The van der Waals surface area contributed by atoms with Gasteiger partial charge < -0.3 is 15.0 Å². The molecule has 0 aromatic heterocycles. The lowest BCUT2D eigenvalue weighted by molar-refractivity contribution is 0.0634. The van der Waals surface area contributed by atoms with Crippen molar-refractivity contribution < 1.29 is 9.53 Å². The molecule has 0 aliphatic carbocycles. The van der Waals surface area contributed by atoms with Gasteiger partial charge in [0.2, 0.25) is 0 Å². The van der Waals surface area contributed by atoms with E-state index in [1.54, 1.807) is 7.11 Å². The monoisotopic (exact) mass is 380 g/mol. The molecule has 1 saturated heterocycles. The van der Waals surface area contributed by atoms with Crippen LogP contribution in [0.5, 0.6) is 0 Å². The van der Waals surface area contributed by atoms with E-state index >= 15 is 0 Å². The summed E-state index contributed by atoms with van der Waals surface area (Å²) in [5, 5.41) is 4.05. The molecule has 0 spiro atoms. The lowest BCUT2D eigenvalue weighted by atomic mass is 10.0. The van der Waals surface area contributed by atoms with E-state index in [-0.39, 0.29) is 24.4 Å². The zero-order valence-electron chi connectivity index (χ0n) is 14.1. The molecule has 6 heteroatoms. The average Bonchev–Trinajstić information content (AvgIpc) is 2.62. The first-order valence-corrected chi connectivity index (χ1v) is 8.42. The van der Waals surface area contributed by atoms with Crippen LogP contribution in [0.15, 0.2) is 48.5 Å². The maximum atomic E-state index is 13.0. The van der Waals surface area contributed by atoms with Crippen LogP contribution >= 0.6 is 24.0 Å². The molecule has 1 atom stereocenters. The van der Waals surface area contributed by atoms with Crippen LogP contribution in [0.3, 0.4) is 0 Å². The molecule has 2 aromatic rings. The van der Waals surface area contributed by atoms with E-state index in [4.69, 9.17) is 16.3 Å². The van der Waals surface area contributed by atoms with Crippen LogP contribution in [-0.4, -0.2) is 37.6 Å². The van der Waals surface area contributed by atoms with Gasteiger partial charge in [0.1, 0.15) is 0 Å². The van der Waals surface area contributed by atoms with E-state index in [0.717, 1.165) is 24.2 Å². The van der Waals surface area contributed by atoms with Crippen LogP contribution in [0.25, 0.3) is 0 Å². The maximum absolute atomic E-state index is 13.0. The van der Waals surface area contributed by atoms with Gasteiger partial charge in [-0.1, -0.05) is 35.9 Å². The molecule has 1 N–H and O–H groups in total. The molecule has 2 aromatic carbocycles. The number of amides is 1. The molecule has 1 aliphatic rings. The summed E-state index contributed by atoms with van der Waals surface area (Å²) in [7, 11) is 1.65. The Morgan fingerprint density at radius 1 is 1.28 bits per heavy atom. The van der Waals surface area contributed by atoms with Crippen LogP contribution in [0.1, 0.15) is 27.5 Å². The van der Waals surface area contributed by atoms with Gasteiger partial charge in [-0.3, -0.25) is 4.79 Å². The number of carbonyl (C=O) groups excluding carboxylic acids is 1. The molecule has 4 nitrogen and oxygen atoms in total. The third kappa shape index (κ3) is 4.73. The third-order valence-electron chi connectivity index (χ3n) is 4.22. The summed E-state index contributed by atoms with van der Waals surface area (Å²) in [6, 6.07) is 15.3. The molecule has 0 saturated carbocycles. The van der Waals surface area contributed by atoms with Crippen molar-refractivity contribution in [1.29, 1.82) is 0 Å². The topological polar surface area (TPSA) is 41.6 Å². The fraction of sp³-hybridized carbons (Fsp3) is 0.316. The van der Waals surface area contributed by atoms with Crippen molar-refractivity contribution in [3.05, 3.63) is 70.2 Å². The number of methoxy groups -OCH3 is 1. The van der Waals surface area contributed by atoms with Gasteiger partial charge in [0.25, 0.3) is 5.91 Å². The Morgan fingerprint density at radius 3 is 2.84 bits per heavy atom. The van der Waals surface area contributed by atoms with Crippen LogP contribution in [0.2, 0.25) is 5.02 Å². The highest BCUT2D eigenvalue weighted by atomic mass is 35.5. The second kappa shape index (κ2) is 9.20. The number of nitrogens with one attached hydrogen (secondary N) is 1. The normalized spacial score (nSPS) is 17.0. The second-order valence-electron chi connectivity index (χ2n) is 5.91. The summed E-state index contributed by atoms with van der Waals surface area (Å²) >= 11 is 6.13. The van der Waals surface area contributed by atoms with E-state index in [9.17, 15) is 4.79 Å². The fourth-order valence-electron chi connectivity index (χ4n) is 3.09. The minimum Gasteiger partial charge on any atom is -0.380 e. The minimum atomic E-state index is -0.0176. The summed E-state index contributed by atoms with van der Waals surface area (Å²) in [6.07, 6.45) is 0. The number of piperazine rings is 1. The quantitative estimate of drug-likeness (QED) is 0.878. The molecular formula is C19H22Cl2N2O2. The highest BCUT2D eigenvalue weighted by Gasteiger charge is 2.28. The van der Waals surface area contributed by atoms with E-state index in [2.05, 4.69) is 5.32 Å². The van der Waals surface area contributed by atoms with Crippen molar-refractivity contribution in [2.75, 3.05) is 26.7 Å². The van der Waals surface area contributed by atoms with Crippen LogP contribution in [0.4, 0.5) is 0 Å². The highest BCUT2D eigenvalue weighted by Crippen LogP contribution is 2.26. The number of benzene rings is 2. The SMILES string of the molecule is COCc1cccc(C(=O)N2CCNCC2c2cccc(Cl)c2)c1.Cl. The molecule has 25 heavy (non-hydrogen) atoms. The van der Waals surface area contributed by atoms with E-state index < -0.39 is 0 Å². The highest BCUT2D eigenvalue weighted by molar-refractivity contribution is 6.30. The maximum Gasteiger partial charge on any atom is 0.254 e. The van der Waals surface area contributed by atoms with Crippen LogP contribution in [0, 0.1) is 0 Å². The molecule has 1 amide bonds. The fourth-order valence-corrected chi connectivity index (χ4v) is 3.28. The second-order valence-corrected chi connectivity index (χ2v) is 6.34. The molecule has 134 valence electrons. The third-order valence-corrected chi connectivity index (χ3v) is 4.46. The van der Waals surface area contributed by atoms with Crippen LogP contribution in [-0.2, 0) is 11.3 Å². The zero-order chi connectivity index (χ0) is 16.9. The Bertz CT molecular complexity index is 724. The van der Waals surface area contributed by atoms with Gasteiger partial charge in [0, 0.05) is 37.3 Å². The Balaban J connectivity index is 0.00000225. The Morgan fingerprint density at radius 2 is 2.08 bits per heavy atom. The minimum absolute atomic E-state index is 0. The smallest absolute Gasteiger partial charge is 0.254 e. The first kappa shape index (κ1) is 19.7. The molecule has 1 unspecified atom stereocenters. The first-order chi connectivity index (χ1) is 11.7. The molecule has 3 rings (SSSR count). The van der Waals surface area contributed by atoms with Gasteiger partial charge in [0.15, 0.2) is 0 Å². The van der Waals surface area contributed by atoms with Gasteiger partial charge in [0.05, 0.1) is 12.6 Å². The summed E-state index contributed by atoms with van der Waals surface area (Å²) in [6.45, 7) is 2.69. The predicted molar refractivity (Wildman–Crippen MR) is 103 cm³/mol. The number of rotatable bonds is 4. The van der Waals surface area contributed by atoms with E-state index in [0.29, 0.717) is 23.7 Å². The molecule has 1 fully saturated rings. The number of halogens is 2. The number of carbonyl (C=O) groups is 1. The van der Waals surface area contributed by atoms with Crippen molar-refractivity contribution in [1.82, 2.24) is 10.2 Å². The van der Waals surface area contributed by atoms with Gasteiger partial charge in [-0.05, 0) is 35.4 Å². The zero-order valence-corrected chi connectivity index (χ0v) is 15.6. The Labute approximate surface area is 159 Å². The van der Waals surface area contributed by atoms with Gasteiger partial charge >= 0.3 is 0 Å². The molecule has 1 heterocycles. The Hall–Kier alpha value is -1.59. The van der Waals surface area contributed by atoms with E-state index in [1.807, 2.05) is 53.4 Å². The lowest BCUT2D eigenvalue weighted by Gasteiger charge is -2.36. The number of hydrogen-bond donors (Lipinski definition) is 1. The standard InChI is InChI=1S/C19H21ClN2O2.ClH/c1-24-13-14-4-2-6-16(10-14)19(23)22-9-8-21-12-18(22)15-5-3-7-17(20)11-15;/h2-7,10-11,18,21H,8-9,12-13H2,1H3;1H. The number of hydrogen-bond acceptors (Lipinski definition) is 3. The molecular weight excluding hydrogens is 359 g/mol. The predicted octanol–water partition coefficient (Wildman–Crippen LogP) is 3.69. The van der Waals surface area contributed by atoms with Crippen molar-refractivity contribution in [3.63, 3.8) is 0 Å². The van der Waals surface area contributed by atoms with Crippen molar-refractivity contribution in [2.45, 2.75) is 12.6 Å². The summed E-state index contributed by atoms with van der Waals surface area (Å²) in [5.41, 5.74) is 2.74. The summed E-state index contributed by atoms with van der Waals surface area (Å²) < 4.78 is 5.16. The Kier molecular flexibility index (Phi) is 7.26. The molecule has 0 bridgehead atoms. The number of nitrogens with zero attached hydrogens (tertiary/aromatic N) is 1. The summed E-state index contributed by atoms with van der Waals surface area (Å²) in [4.78, 5) is 15.0. The van der Waals surface area contributed by atoms with E-state index in [1.165, 1.54) is 0 Å². The lowest BCUT2D eigenvalue weighted by Crippen LogP contribution is -2.48. The van der Waals surface area contributed by atoms with Crippen LogP contribution < -0.4 is 5.32 Å². The van der Waals surface area contributed by atoms with Crippen molar-refractivity contribution in [2.24, 2.45) is 0 Å². The van der Waals surface area contributed by atoms with Gasteiger partial charge in [-0.25, -0.2) is 0 Å². The average molecular weight is 381 g/mol. The largest absolute Gasteiger partial charge is 0.380 e. The molecule has 0 radical (unpaired) electrons. The van der Waals surface area contributed by atoms with Crippen molar-refractivity contribution >= 4 is 29.9 Å². The first-order valence-electron chi connectivity index (χ1n) is 8.04.